The smallest absolute Gasteiger partial charge is 0.0560 e. The average Bonchev–Trinajstić information content (AvgIpc) is 2.81. The van der Waals surface area contributed by atoms with E-state index in [0.29, 0.717) is 6.04 Å². The van der Waals surface area contributed by atoms with E-state index in [1.807, 2.05) is 41.3 Å². The maximum absolute atomic E-state index is 4.26. The first-order valence-corrected chi connectivity index (χ1v) is 5.45. The molecular formula is C12H16N4. The lowest BCUT2D eigenvalue weighted by molar-refractivity contribution is 0.448. The molecule has 0 saturated heterocycles. The van der Waals surface area contributed by atoms with Crippen LogP contribution in [0.25, 0.3) is 0 Å². The van der Waals surface area contributed by atoms with Crippen LogP contribution in [0.1, 0.15) is 12.6 Å². The molecule has 1 N–H and O–H groups in total. The van der Waals surface area contributed by atoms with Crippen LogP contribution in [-0.2, 0) is 13.1 Å². The second kappa shape index (κ2) is 5.42. The summed E-state index contributed by atoms with van der Waals surface area (Å²) in [5, 5.41) is 7.59. The molecule has 2 aromatic rings. The minimum absolute atomic E-state index is 0.377. The van der Waals surface area contributed by atoms with E-state index in [0.717, 1.165) is 18.8 Å². The summed E-state index contributed by atoms with van der Waals surface area (Å²) in [4.78, 5) is 4.26. The Morgan fingerprint density at radius 3 is 2.94 bits per heavy atom. The zero-order valence-corrected chi connectivity index (χ0v) is 9.37. The third-order valence-electron chi connectivity index (χ3n) is 2.38. The van der Waals surface area contributed by atoms with E-state index in [4.69, 9.17) is 0 Å². The van der Waals surface area contributed by atoms with E-state index in [1.54, 1.807) is 6.20 Å². The summed E-state index contributed by atoms with van der Waals surface area (Å²) in [6, 6.07) is 8.26. The number of nitrogens with one attached hydrogen (secondary N) is 1. The Morgan fingerprint density at radius 2 is 2.25 bits per heavy atom. The zero-order chi connectivity index (χ0) is 11.2. The SMILES string of the molecule is C[C@@H](Cn1cccn1)NCc1ccccn1. The molecule has 1 atom stereocenters. The number of hydrogen-bond donors (Lipinski definition) is 1. The first-order chi connectivity index (χ1) is 7.84. The van der Waals surface area contributed by atoms with Crippen LogP contribution in [0.15, 0.2) is 42.9 Å². The van der Waals surface area contributed by atoms with E-state index >= 15 is 0 Å². The van der Waals surface area contributed by atoms with Gasteiger partial charge in [0.2, 0.25) is 0 Å². The summed E-state index contributed by atoms with van der Waals surface area (Å²) in [7, 11) is 0. The van der Waals surface area contributed by atoms with Crippen molar-refractivity contribution in [3.05, 3.63) is 48.5 Å². The summed E-state index contributed by atoms with van der Waals surface area (Å²) in [5.74, 6) is 0. The molecule has 2 rings (SSSR count). The van der Waals surface area contributed by atoms with Crippen molar-refractivity contribution in [2.75, 3.05) is 0 Å². The van der Waals surface area contributed by atoms with Crippen LogP contribution in [0.2, 0.25) is 0 Å². The fraction of sp³-hybridized carbons (Fsp3) is 0.333. The lowest BCUT2D eigenvalue weighted by atomic mass is 10.3. The predicted octanol–water partition coefficient (Wildman–Crippen LogP) is 1.46. The average molecular weight is 216 g/mol. The van der Waals surface area contributed by atoms with Gasteiger partial charge in [-0.2, -0.15) is 5.10 Å². The van der Waals surface area contributed by atoms with Crippen molar-refractivity contribution >= 4 is 0 Å². The maximum atomic E-state index is 4.26. The van der Waals surface area contributed by atoms with Crippen LogP contribution in [0.4, 0.5) is 0 Å². The summed E-state index contributed by atoms with van der Waals surface area (Å²) < 4.78 is 1.93. The van der Waals surface area contributed by atoms with Gasteiger partial charge in [0.15, 0.2) is 0 Å². The number of hydrogen-bond acceptors (Lipinski definition) is 3. The topological polar surface area (TPSA) is 42.7 Å². The maximum Gasteiger partial charge on any atom is 0.0560 e. The van der Waals surface area contributed by atoms with Crippen LogP contribution >= 0.6 is 0 Å². The van der Waals surface area contributed by atoms with Gasteiger partial charge in [0, 0.05) is 31.2 Å². The Bertz CT molecular complexity index is 396. The quantitative estimate of drug-likeness (QED) is 0.822. The van der Waals surface area contributed by atoms with Gasteiger partial charge in [0.05, 0.1) is 12.2 Å². The van der Waals surface area contributed by atoms with E-state index in [9.17, 15) is 0 Å². The highest BCUT2D eigenvalue weighted by Gasteiger charge is 2.02. The number of aromatic nitrogens is 3. The molecule has 0 aliphatic rings. The molecule has 84 valence electrons. The Hall–Kier alpha value is -1.68. The lowest BCUT2D eigenvalue weighted by Gasteiger charge is -2.13. The molecule has 0 spiro atoms. The molecule has 2 aromatic heterocycles. The molecule has 4 heteroatoms. The third kappa shape index (κ3) is 3.17. The second-order valence-corrected chi connectivity index (χ2v) is 3.83. The molecule has 16 heavy (non-hydrogen) atoms. The lowest BCUT2D eigenvalue weighted by Crippen LogP contribution is -2.30. The number of rotatable bonds is 5. The van der Waals surface area contributed by atoms with Crippen molar-refractivity contribution in [3.8, 4) is 0 Å². The van der Waals surface area contributed by atoms with Crippen LogP contribution in [0, 0.1) is 0 Å². The summed E-state index contributed by atoms with van der Waals surface area (Å²) >= 11 is 0. The Labute approximate surface area is 95.3 Å². The third-order valence-corrected chi connectivity index (χ3v) is 2.38. The fourth-order valence-corrected chi connectivity index (χ4v) is 1.54. The van der Waals surface area contributed by atoms with Gasteiger partial charge in [0.1, 0.15) is 0 Å². The minimum atomic E-state index is 0.377. The second-order valence-electron chi connectivity index (χ2n) is 3.83. The summed E-state index contributed by atoms with van der Waals surface area (Å²) in [6.45, 7) is 3.81. The predicted molar refractivity (Wildman–Crippen MR) is 62.8 cm³/mol. The van der Waals surface area contributed by atoms with Crippen LogP contribution < -0.4 is 5.32 Å². The van der Waals surface area contributed by atoms with Gasteiger partial charge in [-0.05, 0) is 25.1 Å². The van der Waals surface area contributed by atoms with Gasteiger partial charge in [-0.15, -0.1) is 0 Å². The van der Waals surface area contributed by atoms with Gasteiger partial charge >= 0.3 is 0 Å². The van der Waals surface area contributed by atoms with E-state index in [-0.39, 0.29) is 0 Å². The highest BCUT2D eigenvalue weighted by Crippen LogP contribution is 1.95. The van der Waals surface area contributed by atoms with E-state index in [2.05, 4.69) is 22.3 Å². The number of nitrogens with zero attached hydrogens (tertiary/aromatic N) is 3. The first-order valence-electron chi connectivity index (χ1n) is 5.45. The molecule has 4 nitrogen and oxygen atoms in total. The molecule has 0 aliphatic carbocycles. The first kappa shape index (κ1) is 10.8. The molecular weight excluding hydrogens is 200 g/mol. The van der Waals surface area contributed by atoms with E-state index in [1.165, 1.54) is 0 Å². The molecule has 0 fully saturated rings. The van der Waals surface area contributed by atoms with E-state index < -0.39 is 0 Å². The fourth-order valence-electron chi connectivity index (χ4n) is 1.54. The molecule has 0 saturated carbocycles. The molecule has 0 aliphatic heterocycles. The van der Waals surface area contributed by atoms with Gasteiger partial charge in [-0.3, -0.25) is 9.67 Å². The van der Waals surface area contributed by atoms with Crippen molar-refractivity contribution in [3.63, 3.8) is 0 Å². The highest BCUT2D eigenvalue weighted by atomic mass is 15.3. The standard InChI is InChI=1S/C12H16N4/c1-11(10-16-8-4-7-15-16)14-9-12-5-2-3-6-13-12/h2-8,11,14H,9-10H2,1H3/t11-/m0/s1. The molecule has 2 heterocycles. The highest BCUT2D eigenvalue weighted by molar-refractivity contribution is 5.03. The van der Waals surface area contributed by atoms with Crippen LogP contribution in [0.3, 0.4) is 0 Å². The van der Waals surface area contributed by atoms with Gasteiger partial charge < -0.3 is 5.32 Å². The van der Waals surface area contributed by atoms with Crippen molar-refractivity contribution in [1.29, 1.82) is 0 Å². The summed E-state index contributed by atoms with van der Waals surface area (Å²) in [6.07, 6.45) is 5.58. The van der Waals surface area contributed by atoms with Gasteiger partial charge in [-0.1, -0.05) is 6.07 Å². The minimum Gasteiger partial charge on any atom is -0.307 e. The van der Waals surface area contributed by atoms with Gasteiger partial charge in [0.25, 0.3) is 0 Å². The summed E-state index contributed by atoms with van der Waals surface area (Å²) in [5.41, 5.74) is 1.06. The molecule has 0 amide bonds. The van der Waals surface area contributed by atoms with Crippen molar-refractivity contribution in [2.45, 2.75) is 26.1 Å². The van der Waals surface area contributed by atoms with Crippen molar-refractivity contribution in [2.24, 2.45) is 0 Å². The Kier molecular flexibility index (Phi) is 3.66. The Balaban J connectivity index is 1.78. The molecule has 0 unspecified atom stereocenters. The number of pyridine rings is 1. The Morgan fingerprint density at radius 1 is 1.31 bits per heavy atom. The van der Waals surface area contributed by atoms with Crippen LogP contribution in [-0.4, -0.2) is 20.8 Å². The molecule has 0 bridgehead atoms. The monoisotopic (exact) mass is 216 g/mol. The van der Waals surface area contributed by atoms with Crippen molar-refractivity contribution < 1.29 is 0 Å². The van der Waals surface area contributed by atoms with Crippen molar-refractivity contribution in [1.82, 2.24) is 20.1 Å². The van der Waals surface area contributed by atoms with Crippen LogP contribution in [0.5, 0.6) is 0 Å². The largest absolute Gasteiger partial charge is 0.307 e. The zero-order valence-electron chi connectivity index (χ0n) is 9.37. The van der Waals surface area contributed by atoms with Gasteiger partial charge in [-0.25, -0.2) is 0 Å². The molecule has 0 aromatic carbocycles. The molecule has 0 radical (unpaired) electrons. The normalized spacial score (nSPS) is 12.6.